The molecule has 1 aromatic carbocycles. The van der Waals surface area contributed by atoms with Crippen molar-refractivity contribution in [2.24, 2.45) is 5.92 Å². The minimum atomic E-state index is -0.503. The van der Waals surface area contributed by atoms with Crippen molar-refractivity contribution in [1.82, 2.24) is 5.32 Å². The monoisotopic (exact) mass is 277 g/mol. The molecule has 0 saturated heterocycles. The molecule has 0 radical (unpaired) electrons. The number of ether oxygens (including phenoxy) is 1. The smallest absolute Gasteiger partial charge is 0.0771 e. The van der Waals surface area contributed by atoms with Gasteiger partial charge in [-0.15, -0.1) is 0 Å². The third-order valence-corrected chi connectivity index (χ3v) is 4.29. The van der Waals surface area contributed by atoms with Crippen molar-refractivity contribution in [2.45, 2.75) is 51.4 Å². The zero-order chi connectivity index (χ0) is 14.4. The first-order chi connectivity index (χ1) is 9.61. The lowest BCUT2D eigenvalue weighted by atomic mass is 9.79. The number of hydrogen-bond acceptors (Lipinski definition) is 3. The zero-order valence-corrected chi connectivity index (χ0v) is 12.7. The normalized spacial score (nSPS) is 26.6. The molecule has 0 spiro atoms. The molecular weight excluding hydrogens is 250 g/mol. The van der Waals surface area contributed by atoms with Gasteiger partial charge in [-0.2, -0.15) is 0 Å². The lowest BCUT2D eigenvalue weighted by Crippen LogP contribution is -2.43. The fourth-order valence-electron chi connectivity index (χ4n) is 2.91. The van der Waals surface area contributed by atoms with Gasteiger partial charge in [0, 0.05) is 20.2 Å². The van der Waals surface area contributed by atoms with Gasteiger partial charge in [0.05, 0.1) is 12.2 Å². The second kappa shape index (κ2) is 7.21. The van der Waals surface area contributed by atoms with E-state index >= 15 is 0 Å². The van der Waals surface area contributed by atoms with E-state index in [0.717, 1.165) is 38.1 Å². The fraction of sp³-hybridized carbons (Fsp3) is 0.647. The Hall–Kier alpha value is -0.900. The van der Waals surface area contributed by atoms with Crippen LogP contribution < -0.4 is 5.32 Å². The molecule has 0 aromatic heterocycles. The summed E-state index contributed by atoms with van der Waals surface area (Å²) in [5, 5.41) is 13.9. The quantitative estimate of drug-likeness (QED) is 0.840. The summed E-state index contributed by atoms with van der Waals surface area (Å²) in [6.07, 6.45) is 4.12. The topological polar surface area (TPSA) is 41.5 Å². The summed E-state index contributed by atoms with van der Waals surface area (Å²) in [7, 11) is 1.71. The van der Waals surface area contributed by atoms with Crippen molar-refractivity contribution < 1.29 is 9.84 Å². The molecule has 0 atom stereocenters. The number of hydrogen-bond donors (Lipinski definition) is 2. The maximum absolute atomic E-state index is 10.5. The number of rotatable bonds is 6. The average Bonchev–Trinajstić information content (AvgIpc) is 2.43. The van der Waals surface area contributed by atoms with Crippen LogP contribution in [0.5, 0.6) is 0 Å². The van der Waals surface area contributed by atoms with Crippen LogP contribution in [0.1, 0.15) is 43.7 Å². The first kappa shape index (κ1) is 15.5. The average molecular weight is 277 g/mol. The van der Waals surface area contributed by atoms with Crippen molar-refractivity contribution in [3.63, 3.8) is 0 Å². The molecule has 0 unspecified atom stereocenters. The Bertz CT molecular complexity index is 411. The van der Waals surface area contributed by atoms with Crippen LogP contribution in [0.15, 0.2) is 24.3 Å². The van der Waals surface area contributed by atoms with Gasteiger partial charge in [-0.05, 0) is 42.7 Å². The van der Waals surface area contributed by atoms with E-state index in [1.807, 2.05) is 0 Å². The second-order valence-electron chi connectivity index (χ2n) is 6.26. The third-order valence-electron chi connectivity index (χ3n) is 4.29. The van der Waals surface area contributed by atoms with Crippen LogP contribution in [0.3, 0.4) is 0 Å². The number of aliphatic hydroxyl groups is 1. The Labute approximate surface area is 122 Å². The van der Waals surface area contributed by atoms with Crippen molar-refractivity contribution in [1.29, 1.82) is 0 Å². The molecule has 0 heterocycles. The van der Waals surface area contributed by atoms with E-state index in [9.17, 15) is 5.11 Å². The molecule has 1 fully saturated rings. The molecule has 2 N–H and O–H groups in total. The van der Waals surface area contributed by atoms with E-state index < -0.39 is 5.60 Å². The highest BCUT2D eigenvalue weighted by atomic mass is 16.5. The summed E-state index contributed by atoms with van der Waals surface area (Å²) in [5.41, 5.74) is 1.93. The summed E-state index contributed by atoms with van der Waals surface area (Å²) >= 11 is 0. The van der Waals surface area contributed by atoms with Crippen LogP contribution in [-0.4, -0.2) is 24.4 Å². The number of benzene rings is 1. The lowest BCUT2D eigenvalue weighted by molar-refractivity contribution is -0.00630. The van der Waals surface area contributed by atoms with Gasteiger partial charge in [-0.25, -0.2) is 0 Å². The van der Waals surface area contributed by atoms with Crippen molar-refractivity contribution in [2.75, 3.05) is 13.7 Å². The Kier molecular flexibility index (Phi) is 5.58. The molecule has 1 aliphatic rings. The Balaban J connectivity index is 1.79. The minimum Gasteiger partial charge on any atom is -0.389 e. The van der Waals surface area contributed by atoms with Gasteiger partial charge in [0.15, 0.2) is 0 Å². The van der Waals surface area contributed by atoms with E-state index in [1.165, 1.54) is 11.1 Å². The Morgan fingerprint density at radius 2 is 2.00 bits per heavy atom. The van der Waals surface area contributed by atoms with Crippen LogP contribution in [-0.2, 0) is 17.9 Å². The number of methoxy groups -OCH3 is 1. The van der Waals surface area contributed by atoms with Crippen molar-refractivity contribution in [3.05, 3.63) is 35.4 Å². The zero-order valence-electron chi connectivity index (χ0n) is 12.7. The summed E-state index contributed by atoms with van der Waals surface area (Å²) in [6, 6.07) is 8.40. The first-order valence-corrected chi connectivity index (χ1v) is 7.61. The predicted molar refractivity (Wildman–Crippen MR) is 81.4 cm³/mol. The summed E-state index contributed by atoms with van der Waals surface area (Å²) in [6.45, 7) is 4.41. The van der Waals surface area contributed by atoms with Gasteiger partial charge >= 0.3 is 0 Å². The minimum absolute atomic E-state index is 0.503. The van der Waals surface area contributed by atoms with Crippen molar-refractivity contribution >= 4 is 0 Å². The molecule has 0 amide bonds. The molecule has 3 nitrogen and oxygen atoms in total. The Morgan fingerprint density at radius 3 is 2.70 bits per heavy atom. The van der Waals surface area contributed by atoms with Crippen LogP contribution in [0, 0.1) is 5.92 Å². The maximum Gasteiger partial charge on any atom is 0.0771 e. The maximum atomic E-state index is 10.5. The Morgan fingerprint density at radius 1 is 1.30 bits per heavy atom. The number of nitrogens with one attached hydrogen (secondary N) is 1. The van der Waals surface area contributed by atoms with Gasteiger partial charge in [0.25, 0.3) is 0 Å². The predicted octanol–water partition coefficient (Wildman–Crippen LogP) is 2.86. The van der Waals surface area contributed by atoms with Crippen molar-refractivity contribution in [3.8, 4) is 0 Å². The van der Waals surface area contributed by atoms with Gasteiger partial charge in [0.1, 0.15) is 0 Å². The summed E-state index contributed by atoms with van der Waals surface area (Å²) < 4.78 is 5.15. The molecule has 1 aliphatic carbocycles. The molecule has 2 rings (SSSR count). The molecule has 20 heavy (non-hydrogen) atoms. The molecular formula is C17H27NO2. The molecule has 1 saturated carbocycles. The van der Waals surface area contributed by atoms with Crippen LogP contribution in [0.2, 0.25) is 0 Å². The first-order valence-electron chi connectivity index (χ1n) is 7.61. The van der Waals surface area contributed by atoms with E-state index in [4.69, 9.17) is 4.74 Å². The largest absolute Gasteiger partial charge is 0.389 e. The highest BCUT2D eigenvalue weighted by Crippen LogP contribution is 2.31. The van der Waals surface area contributed by atoms with E-state index in [0.29, 0.717) is 13.2 Å². The molecule has 3 heteroatoms. The van der Waals surface area contributed by atoms with E-state index in [2.05, 4.69) is 36.5 Å². The van der Waals surface area contributed by atoms with Gasteiger partial charge in [-0.3, -0.25) is 0 Å². The summed E-state index contributed by atoms with van der Waals surface area (Å²) in [5.74, 6) is 0.765. The van der Waals surface area contributed by atoms with Crippen LogP contribution in [0.4, 0.5) is 0 Å². The van der Waals surface area contributed by atoms with Crippen LogP contribution >= 0.6 is 0 Å². The van der Waals surface area contributed by atoms with E-state index in [-0.39, 0.29) is 0 Å². The highest BCUT2D eigenvalue weighted by molar-refractivity contribution is 5.22. The highest BCUT2D eigenvalue weighted by Gasteiger charge is 2.31. The lowest BCUT2D eigenvalue weighted by Gasteiger charge is -2.35. The second-order valence-corrected chi connectivity index (χ2v) is 6.26. The van der Waals surface area contributed by atoms with Gasteiger partial charge in [0.2, 0.25) is 0 Å². The SMILES string of the molecule is COCc1cccc(CNCC2(O)CCC(C)CC2)c1. The molecule has 112 valence electrons. The van der Waals surface area contributed by atoms with E-state index in [1.54, 1.807) is 7.11 Å². The van der Waals surface area contributed by atoms with Crippen LogP contribution in [0.25, 0.3) is 0 Å². The fourth-order valence-corrected chi connectivity index (χ4v) is 2.91. The molecule has 0 aliphatic heterocycles. The molecule has 1 aromatic rings. The van der Waals surface area contributed by atoms with Gasteiger partial charge in [-0.1, -0.05) is 31.2 Å². The summed E-state index contributed by atoms with van der Waals surface area (Å²) in [4.78, 5) is 0. The van der Waals surface area contributed by atoms with Gasteiger partial charge < -0.3 is 15.2 Å². The molecule has 0 bridgehead atoms. The standard InChI is InChI=1S/C17H27NO2/c1-14-6-8-17(19,9-7-14)13-18-11-15-4-3-5-16(10-15)12-20-2/h3-5,10,14,18-19H,6-9,11-13H2,1-2H3. The third kappa shape index (κ3) is 4.58.